The predicted octanol–water partition coefficient (Wildman–Crippen LogP) is 3.62. The molecule has 3 nitrogen and oxygen atoms in total. The van der Waals surface area contributed by atoms with Crippen LogP contribution >= 0.6 is 11.8 Å². The zero-order valence-electron chi connectivity index (χ0n) is 11.2. The Labute approximate surface area is 110 Å². The minimum absolute atomic E-state index is 0.0813. The Morgan fingerprint density at radius 3 is 2.53 bits per heavy atom. The summed E-state index contributed by atoms with van der Waals surface area (Å²) >= 11 is 1.61. The quantitative estimate of drug-likeness (QED) is 0.306. The Balaban J connectivity index is 3.11. The molecule has 0 aliphatic heterocycles. The predicted molar refractivity (Wildman–Crippen MR) is 73.3 cm³/mol. The molecule has 0 spiro atoms. The maximum atomic E-state index is 11.3. The Bertz CT molecular complexity index is 174. The average Bonchev–Trinajstić information content (AvgIpc) is 2.33. The van der Waals surface area contributed by atoms with Gasteiger partial charge in [-0.1, -0.05) is 39.0 Å². The number of hydrogen-bond acceptors (Lipinski definition) is 4. The van der Waals surface area contributed by atoms with Crippen molar-refractivity contribution < 1.29 is 14.3 Å². The summed E-state index contributed by atoms with van der Waals surface area (Å²) in [7, 11) is 1.66. The summed E-state index contributed by atoms with van der Waals surface area (Å²) in [6.07, 6.45) is 7.81. The summed E-state index contributed by atoms with van der Waals surface area (Å²) in [5.74, 6) is 1.34. The highest BCUT2D eigenvalue weighted by Crippen LogP contribution is 2.06. The third kappa shape index (κ3) is 13.7. The van der Waals surface area contributed by atoms with Crippen LogP contribution in [0.3, 0.4) is 0 Å². The maximum absolute atomic E-state index is 11.3. The Hall–Kier alpha value is -0.220. The second-order valence-electron chi connectivity index (χ2n) is 4.05. The molecular weight excluding hydrogens is 236 g/mol. The van der Waals surface area contributed by atoms with Gasteiger partial charge in [0, 0.05) is 12.9 Å². The first kappa shape index (κ1) is 16.8. The fourth-order valence-corrected chi connectivity index (χ4v) is 2.03. The van der Waals surface area contributed by atoms with Gasteiger partial charge in [0.2, 0.25) is 0 Å². The van der Waals surface area contributed by atoms with Gasteiger partial charge < -0.3 is 9.47 Å². The van der Waals surface area contributed by atoms with Gasteiger partial charge in [0.25, 0.3) is 0 Å². The van der Waals surface area contributed by atoms with Crippen LogP contribution in [0, 0.1) is 0 Å². The van der Waals surface area contributed by atoms with Crippen LogP contribution in [0.1, 0.15) is 51.9 Å². The molecule has 0 saturated heterocycles. The first-order chi connectivity index (χ1) is 8.31. The van der Waals surface area contributed by atoms with E-state index in [0.717, 1.165) is 12.2 Å². The lowest BCUT2D eigenvalue weighted by Crippen LogP contribution is -2.07. The van der Waals surface area contributed by atoms with Gasteiger partial charge in [-0.05, 0) is 6.42 Å². The fourth-order valence-electron chi connectivity index (χ4n) is 1.44. The lowest BCUT2D eigenvalue weighted by atomic mass is 10.1. The molecule has 0 fully saturated rings. The highest BCUT2D eigenvalue weighted by Gasteiger charge is 2.02. The molecule has 0 heterocycles. The van der Waals surface area contributed by atoms with Crippen molar-refractivity contribution in [1.82, 2.24) is 0 Å². The third-order valence-electron chi connectivity index (χ3n) is 2.41. The van der Waals surface area contributed by atoms with Gasteiger partial charge in [-0.15, -0.1) is 11.8 Å². The molecule has 0 unspecified atom stereocenters. The number of methoxy groups -OCH3 is 1. The lowest BCUT2D eigenvalue weighted by molar-refractivity contribution is -0.143. The van der Waals surface area contributed by atoms with Crippen molar-refractivity contribution in [2.24, 2.45) is 0 Å². The number of esters is 1. The van der Waals surface area contributed by atoms with E-state index in [1.54, 1.807) is 18.9 Å². The Kier molecular flexibility index (Phi) is 13.7. The molecule has 0 aliphatic carbocycles. The summed E-state index contributed by atoms with van der Waals surface area (Å²) in [5.41, 5.74) is 0. The number of carbonyl (C=O) groups excluding carboxylic acids is 1. The van der Waals surface area contributed by atoms with Crippen LogP contribution in [0.25, 0.3) is 0 Å². The SMILES string of the molecule is CCCCCCCCOC(=O)CCSCOC. The molecule has 0 amide bonds. The number of unbranched alkanes of at least 4 members (excludes halogenated alkanes) is 5. The van der Waals surface area contributed by atoms with Gasteiger partial charge in [0.05, 0.1) is 19.0 Å². The Morgan fingerprint density at radius 2 is 1.82 bits per heavy atom. The normalized spacial score (nSPS) is 10.5. The molecule has 0 N–H and O–H groups in total. The van der Waals surface area contributed by atoms with Gasteiger partial charge in [-0.2, -0.15) is 0 Å². The highest BCUT2D eigenvalue weighted by atomic mass is 32.2. The van der Waals surface area contributed by atoms with Crippen molar-refractivity contribution in [3.63, 3.8) is 0 Å². The largest absolute Gasteiger partial charge is 0.466 e. The van der Waals surface area contributed by atoms with E-state index in [-0.39, 0.29) is 5.97 Å². The summed E-state index contributed by atoms with van der Waals surface area (Å²) in [4.78, 5) is 11.3. The fraction of sp³-hybridized carbons (Fsp3) is 0.923. The first-order valence-corrected chi connectivity index (χ1v) is 7.69. The van der Waals surface area contributed by atoms with Crippen molar-refractivity contribution >= 4 is 17.7 Å². The summed E-state index contributed by atoms with van der Waals surface area (Å²) in [5, 5.41) is 0. The monoisotopic (exact) mass is 262 g/mol. The molecule has 0 saturated carbocycles. The molecular formula is C13H26O3S. The lowest BCUT2D eigenvalue weighted by Gasteiger charge is -2.04. The topological polar surface area (TPSA) is 35.5 Å². The van der Waals surface area contributed by atoms with Gasteiger partial charge in [-0.25, -0.2) is 0 Å². The van der Waals surface area contributed by atoms with Crippen LogP contribution in [-0.2, 0) is 14.3 Å². The minimum Gasteiger partial charge on any atom is -0.466 e. The number of carbonyl (C=O) groups is 1. The van der Waals surface area contributed by atoms with Crippen LogP contribution < -0.4 is 0 Å². The van der Waals surface area contributed by atoms with E-state index in [2.05, 4.69) is 6.92 Å². The summed E-state index contributed by atoms with van der Waals surface area (Å²) in [6, 6.07) is 0. The van der Waals surface area contributed by atoms with Gasteiger partial charge >= 0.3 is 5.97 Å². The van der Waals surface area contributed by atoms with Crippen molar-refractivity contribution in [2.75, 3.05) is 25.4 Å². The van der Waals surface area contributed by atoms with Crippen LogP contribution in [0.4, 0.5) is 0 Å². The van der Waals surface area contributed by atoms with E-state index in [4.69, 9.17) is 9.47 Å². The van der Waals surface area contributed by atoms with E-state index >= 15 is 0 Å². The van der Waals surface area contributed by atoms with Gasteiger partial charge in [-0.3, -0.25) is 4.79 Å². The van der Waals surface area contributed by atoms with Crippen LogP contribution in [0.5, 0.6) is 0 Å². The van der Waals surface area contributed by atoms with Crippen LogP contribution in [0.15, 0.2) is 0 Å². The molecule has 0 aromatic heterocycles. The molecule has 4 heteroatoms. The highest BCUT2D eigenvalue weighted by molar-refractivity contribution is 7.99. The molecule has 0 atom stereocenters. The number of ether oxygens (including phenoxy) is 2. The number of rotatable bonds is 12. The second kappa shape index (κ2) is 13.8. The van der Waals surface area contributed by atoms with Crippen molar-refractivity contribution in [3.05, 3.63) is 0 Å². The zero-order valence-corrected chi connectivity index (χ0v) is 12.0. The van der Waals surface area contributed by atoms with Gasteiger partial charge in [0.1, 0.15) is 0 Å². The minimum atomic E-state index is -0.0813. The van der Waals surface area contributed by atoms with Gasteiger partial charge in [0.15, 0.2) is 0 Å². The molecule has 0 aromatic rings. The number of thioether (sulfide) groups is 1. The second-order valence-corrected chi connectivity index (χ2v) is 5.11. The summed E-state index contributed by atoms with van der Waals surface area (Å²) in [6.45, 7) is 2.79. The number of hydrogen-bond donors (Lipinski definition) is 0. The van der Waals surface area contributed by atoms with Crippen LogP contribution in [0.2, 0.25) is 0 Å². The van der Waals surface area contributed by atoms with E-state index in [1.165, 1.54) is 32.1 Å². The van der Waals surface area contributed by atoms with Crippen LogP contribution in [-0.4, -0.2) is 31.4 Å². The zero-order chi connectivity index (χ0) is 12.8. The van der Waals surface area contributed by atoms with E-state index in [0.29, 0.717) is 19.0 Å². The van der Waals surface area contributed by atoms with Crippen molar-refractivity contribution in [2.45, 2.75) is 51.9 Å². The van der Waals surface area contributed by atoms with E-state index in [9.17, 15) is 4.79 Å². The molecule has 0 aromatic carbocycles. The smallest absolute Gasteiger partial charge is 0.306 e. The third-order valence-corrected chi connectivity index (χ3v) is 3.31. The molecule has 102 valence electrons. The van der Waals surface area contributed by atoms with Crippen molar-refractivity contribution in [3.8, 4) is 0 Å². The summed E-state index contributed by atoms with van der Waals surface area (Å²) < 4.78 is 10.0. The maximum Gasteiger partial charge on any atom is 0.306 e. The van der Waals surface area contributed by atoms with E-state index in [1.807, 2.05) is 0 Å². The molecule has 17 heavy (non-hydrogen) atoms. The standard InChI is InChI=1S/C13H26O3S/c1-3-4-5-6-7-8-10-16-13(14)9-11-17-12-15-2/h3-12H2,1-2H3. The molecule has 0 aliphatic rings. The molecule has 0 bridgehead atoms. The average molecular weight is 262 g/mol. The molecule has 0 rings (SSSR count). The van der Waals surface area contributed by atoms with Crippen molar-refractivity contribution in [1.29, 1.82) is 0 Å². The molecule has 0 radical (unpaired) electrons. The Morgan fingerprint density at radius 1 is 1.12 bits per heavy atom. The first-order valence-electron chi connectivity index (χ1n) is 6.53. The van der Waals surface area contributed by atoms with E-state index < -0.39 is 0 Å².